The van der Waals surface area contributed by atoms with Crippen LogP contribution in [0.25, 0.3) is 27.8 Å². The van der Waals surface area contributed by atoms with Crippen LogP contribution in [0.4, 0.5) is 5.69 Å². The summed E-state index contributed by atoms with van der Waals surface area (Å²) in [6, 6.07) is 13.9. The second-order valence-corrected chi connectivity index (χ2v) is 9.86. The van der Waals surface area contributed by atoms with E-state index in [-0.39, 0.29) is 17.2 Å². The van der Waals surface area contributed by atoms with Crippen molar-refractivity contribution in [1.82, 2.24) is 14.5 Å². The van der Waals surface area contributed by atoms with Crippen LogP contribution < -0.4 is 15.4 Å². The largest absolute Gasteiger partial charge is 0.504 e. The standard InChI is InChI=1S/C26H29N5O3/c1-26(13-33-14-26)15-34-19-5-6-21-20(12-19)28-16-31(21)25-23(32)11-17-3-2-4-22(24(17)29-25)30-9-7-18(27)8-10-30/h2-6,11-12,16,18,32H,7-10,13-15,27H2,1H3. The van der Waals surface area contributed by atoms with Gasteiger partial charge in [0.15, 0.2) is 11.6 Å². The van der Waals surface area contributed by atoms with Crippen molar-refractivity contribution in [1.29, 1.82) is 0 Å². The van der Waals surface area contributed by atoms with Gasteiger partial charge >= 0.3 is 0 Å². The molecule has 0 bridgehead atoms. The highest BCUT2D eigenvalue weighted by atomic mass is 16.5. The lowest BCUT2D eigenvalue weighted by molar-refractivity contribution is -0.120. The predicted octanol–water partition coefficient (Wildman–Crippen LogP) is 3.62. The van der Waals surface area contributed by atoms with E-state index in [1.807, 2.05) is 34.9 Å². The fraction of sp³-hybridized carbons (Fsp3) is 0.385. The van der Waals surface area contributed by atoms with E-state index >= 15 is 0 Å². The van der Waals surface area contributed by atoms with Gasteiger partial charge in [-0.15, -0.1) is 0 Å². The first-order chi connectivity index (χ1) is 16.5. The average molecular weight is 460 g/mol. The molecule has 6 rings (SSSR count). The summed E-state index contributed by atoms with van der Waals surface area (Å²) >= 11 is 0. The molecule has 2 saturated heterocycles. The number of para-hydroxylation sites is 1. The monoisotopic (exact) mass is 459 g/mol. The molecule has 3 N–H and O–H groups in total. The molecule has 2 fully saturated rings. The van der Waals surface area contributed by atoms with Crippen molar-refractivity contribution in [3.8, 4) is 17.3 Å². The van der Waals surface area contributed by atoms with E-state index in [0.29, 0.717) is 12.4 Å². The lowest BCUT2D eigenvalue weighted by Gasteiger charge is -2.37. The van der Waals surface area contributed by atoms with Gasteiger partial charge in [0.25, 0.3) is 0 Å². The molecule has 0 unspecified atom stereocenters. The third-order valence-corrected chi connectivity index (χ3v) is 6.90. The molecule has 0 saturated carbocycles. The Morgan fingerprint density at radius 2 is 2.00 bits per heavy atom. The van der Waals surface area contributed by atoms with Crippen LogP contribution in [0.5, 0.6) is 11.5 Å². The molecule has 2 aromatic heterocycles. The van der Waals surface area contributed by atoms with Gasteiger partial charge in [-0.3, -0.25) is 4.57 Å². The van der Waals surface area contributed by atoms with Gasteiger partial charge in [-0.1, -0.05) is 19.1 Å². The average Bonchev–Trinajstić information content (AvgIpc) is 3.24. The minimum atomic E-state index is 0.0756. The van der Waals surface area contributed by atoms with E-state index < -0.39 is 0 Å². The highest BCUT2D eigenvalue weighted by Gasteiger charge is 2.34. The number of benzene rings is 2. The van der Waals surface area contributed by atoms with E-state index in [9.17, 15) is 5.11 Å². The highest BCUT2D eigenvalue weighted by molar-refractivity contribution is 5.93. The fourth-order valence-corrected chi connectivity index (χ4v) is 4.78. The lowest BCUT2D eigenvalue weighted by atomic mass is 9.90. The number of imidazole rings is 1. The van der Waals surface area contributed by atoms with Crippen LogP contribution >= 0.6 is 0 Å². The zero-order chi connectivity index (χ0) is 23.3. The third-order valence-electron chi connectivity index (χ3n) is 6.90. The second-order valence-electron chi connectivity index (χ2n) is 9.86. The van der Waals surface area contributed by atoms with Crippen LogP contribution in [0.15, 0.2) is 48.8 Å². The SMILES string of the molecule is CC1(COc2ccc3c(c2)ncn3-c2nc3c(N4CCC(N)CC4)cccc3cc2O)COC1. The van der Waals surface area contributed by atoms with Crippen LogP contribution in [0.2, 0.25) is 0 Å². The highest BCUT2D eigenvalue weighted by Crippen LogP contribution is 2.34. The van der Waals surface area contributed by atoms with Crippen LogP contribution in [0.3, 0.4) is 0 Å². The summed E-state index contributed by atoms with van der Waals surface area (Å²) in [4.78, 5) is 11.8. The van der Waals surface area contributed by atoms with Crippen molar-refractivity contribution in [2.45, 2.75) is 25.8 Å². The molecule has 2 aliphatic rings. The molecule has 2 aliphatic heterocycles. The van der Waals surface area contributed by atoms with E-state index in [1.54, 1.807) is 12.4 Å². The molecule has 0 amide bonds. The molecule has 34 heavy (non-hydrogen) atoms. The summed E-state index contributed by atoms with van der Waals surface area (Å²) in [5, 5.41) is 11.8. The molecular weight excluding hydrogens is 430 g/mol. The Labute approximate surface area is 197 Å². The maximum absolute atomic E-state index is 10.9. The van der Waals surface area contributed by atoms with Gasteiger partial charge in [-0.2, -0.15) is 0 Å². The van der Waals surface area contributed by atoms with E-state index in [0.717, 1.165) is 72.5 Å². The Balaban J connectivity index is 1.35. The fourth-order valence-electron chi connectivity index (χ4n) is 4.78. The molecule has 8 nitrogen and oxygen atoms in total. The van der Waals surface area contributed by atoms with Crippen LogP contribution in [-0.4, -0.2) is 58.6 Å². The lowest BCUT2D eigenvalue weighted by Crippen LogP contribution is -2.44. The van der Waals surface area contributed by atoms with Gasteiger partial charge in [0.1, 0.15) is 12.1 Å². The molecule has 0 spiro atoms. The summed E-state index contributed by atoms with van der Waals surface area (Å²) < 4.78 is 13.1. The summed E-state index contributed by atoms with van der Waals surface area (Å²) in [6.45, 7) is 6.02. The van der Waals surface area contributed by atoms with Gasteiger partial charge < -0.3 is 25.2 Å². The Morgan fingerprint density at radius 3 is 2.76 bits per heavy atom. The zero-order valence-electron chi connectivity index (χ0n) is 19.3. The number of hydrogen-bond donors (Lipinski definition) is 2. The van der Waals surface area contributed by atoms with Crippen molar-refractivity contribution in [3.63, 3.8) is 0 Å². The first kappa shape index (κ1) is 21.2. The number of ether oxygens (including phenoxy) is 2. The number of aromatic nitrogens is 3. The molecule has 0 aliphatic carbocycles. The normalized spacial score (nSPS) is 18.4. The second kappa shape index (κ2) is 8.14. The Bertz CT molecular complexity index is 1360. The Morgan fingerprint density at radius 1 is 1.18 bits per heavy atom. The molecular formula is C26H29N5O3. The number of pyridine rings is 1. The van der Waals surface area contributed by atoms with Gasteiger partial charge in [0.05, 0.1) is 42.1 Å². The molecule has 0 radical (unpaired) electrons. The van der Waals surface area contributed by atoms with Gasteiger partial charge in [-0.05, 0) is 37.1 Å². The molecule has 4 heterocycles. The maximum atomic E-state index is 10.9. The summed E-state index contributed by atoms with van der Waals surface area (Å²) in [5.74, 6) is 1.35. The topological polar surface area (TPSA) is 98.7 Å². The van der Waals surface area contributed by atoms with Crippen molar-refractivity contribution < 1.29 is 14.6 Å². The molecule has 176 valence electrons. The Kier molecular flexibility index (Phi) is 5.08. The molecule has 4 aromatic rings. The van der Waals surface area contributed by atoms with Crippen LogP contribution in [-0.2, 0) is 4.74 Å². The van der Waals surface area contributed by atoms with Crippen molar-refractivity contribution in [2.75, 3.05) is 37.8 Å². The number of fused-ring (bicyclic) bond motifs is 2. The predicted molar refractivity (Wildman–Crippen MR) is 132 cm³/mol. The number of piperidine rings is 1. The van der Waals surface area contributed by atoms with Crippen molar-refractivity contribution >= 4 is 27.6 Å². The zero-order valence-corrected chi connectivity index (χ0v) is 19.3. The smallest absolute Gasteiger partial charge is 0.181 e. The minimum absolute atomic E-state index is 0.0756. The number of nitrogens with two attached hydrogens (primary N) is 1. The van der Waals surface area contributed by atoms with Crippen molar-refractivity contribution in [2.24, 2.45) is 11.1 Å². The summed E-state index contributed by atoms with van der Waals surface area (Å²) in [7, 11) is 0. The number of nitrogens with zero attached hydrogens (tertiary/aromatic N) is 4. The van der Waals surface area contributed by atoms with Crippen LogP contribution in [0.1, 0.15) is 19.8 Å². The third kappa shape index (κ3) is 3.73. The van der Waals surface area contributed by atoms with Crippen molar-refractivity contribution in [3.05, 3.63) is 48.8 Å². The number of hydrogen-bond acceptors (Lipinski definition) is 7. The number of rotatable bonds is 5. The molecule has 8 heteroatoms. The quantitative estimate of drug-likeness (QED) is 0.470. The summed E-state index contributed by atoms with van der Waals surface area (Å²) in [5.41, 5.74) is 9.76. The van der Waals surface area contributed by atoms with Crippen LogP contribution in [0, 0.1) is 5.41 Å². The maximum Gasteiger partial charge on any atom is 0.181 e. The Hall–Kier alpha value is -3.36. The van der Waals surface area contributed by atoms with E-state index in [4.69, 9.17) is 20.2 Å². The molecule has 2 aromatic carbocycles. The molecule has 0 atom stereocenters. The number of aromatic hydroxyl groups is 1. The first-order valence-electron chi connectivity index (χ1n) is 11.8. The van der Waals surface area contributed by atoms with E-state index in [2.05, 4.69) is 22.9 Å². The summed E-state index contributed by atoms with van der Waals surface area (Å²) in [6.07, 6.45) is 3.63. The minimum Gasteiger partial charge on any atom is -0.504 e. The van der Waals surface area contributed by atoms with Gasteiger partial charge in [-0.25, -0.2) is 9.97 Å². The first-order valence-corrected chi connectivity index (χ1v) is 11.8. The number of anilines is 1. The van der Waals surface area contributed by atoms with E-state index in [1.165, 1.54) is 0 Å². The van der Waals surface area contributed by atoms with Gasteiger partial charge in [0, 0.05) is 36.0 Å². The van der Waals surface area contributed by atoms with Gasteiger partial charge in [0.2, 0.25) is 0 Å².